The van der Waals surface area contributed by atoms with Crippen molar-refractivity contribution in [1.29, 1.82) is 0 Å². The van der Waals surface area contributed by atoms with E-state index < -0.39 is 32.4 Å². The number of nitrogens with zero attached hydrogens (tertiary/aromatic N) is 3. The maximum atomic E-state index is 13.0. The standard InChI is InChI=1S/C14H21N3O6S2/c1-5-15(10-23-4)24(19,20)17-13-9-7-6-8-12(13)14(18)16(11(2)3)25(17,21)22/h6-9,11H,5,10H2,1-4H3. The molecule has 0 aromatic heterocycles. The molecule has 0 unspecified atom stereocenters. The molecule has 0 aliphatic carbocycles. The third-order valence-electron chi connectivity index (χ3n) is 3.62. The zero-order valence-electron chi connectivity index (χ0n) is 14.4. The van der Waals surface area contributed by atoms with E-state index in [-0.39, 0.29) is 24.5 Å². The van der Waals surface area contributed by atoms with Crippen LogP contribution in [0.2, 0.25) is 0 Å². The molecule has 25 heavy (non-hydrogen) atoms. The Labute approximate surface area is 148 Å². The number of hydrogen-bond acceptors (Lipinski definition) is 6. The largest absolute Gasteiger partial charge is 0.368 e. The molecular formula is C14H21N3O6S2. The topological polar surface area (TPSA) is 104 Å². The molecule has 1 heterocycles. The number of rotatable bonds is 6. The van der Waals surface area contributed by atoms with Gasteiger partial charge in [0, 0.05) is 19.7 Å². The number of anilines is 1. The molecule has 11 heteroatoms. The summed E-state index contributed by atoms with van der Waals surface area (Å²) in [6.07, 6.45) is 0. The second-order valence-corrected chi connectivity index (χ2v) is 9.27. The second-order valence-electron chi connectivity index (χ2n) is 5.61. The molecule has 1 aromatic carbocycles. The fraction of sp³-hybridized carbons (Fsp3) is 0.500. The van der Waals surface area contributed by atoms with Gasteiger partial charge in [-0.25, -0.2) is 4.31 Å². The first-order valence-corrected chi connectivity index (χ1v) is 10.4. The van der Waals surface area contributed by atoms with Crippen molar-refractivity contribution >= 4 is 32.0 Å². The molecule has 0 bridgehead atoms. The molecule has 1 aromatic rings. The summed E-state index contributed by atoms with van der Waals surface area (Å²) in [5, 5.41) is 0. The molecule has 0 N–H and O–H groups in total. The van der Waals surface area contributed by atoms with Crippen LogP contribution < -0.4 is 3.71 Å². The minimum absolute atomic E-state index is 0.0000146. The maximum Gasteiger partial charge on any atom is 0.343 e. The molecular weight excluding hydrogens is 370 g/mol. The van der Waals surface area contributed by atoms with Gasteiger partial charge in [-0.15, -0.1) is 3.71 Å². The number of ether oxygens (including phenoxy) is 1. The van der Waals surface area contributed by atoms with Crippen molar-refractivity contribution in [3.63, 3.8) is 0 Å². The summed E-state index contributed by atoms with van der Waals surface area (Å²) in [7, 11) is -7.81. The highest BCUT2D eigenvalue weighted by Gasteiger charge is 2.50. The smallest absolute Gasteiger partial charge is 0.343 e. The van der Waals surface area contributed by atoms with E-state index in [9.17, 15) is 21.6 Å². The zero-order chi connectivity index (χ0) is 19.0. The van der Waals surface area contributed by atoms with Crippen molar-refractivity contribution in [1.82, 2.24) is 8.61 Å². The monoisotopic (exact) mass is 391 g/mol. The van der Waals surface area contributed by atoms with Gasteiger partial charge in [-0.1, -0.05) is 19.1 Å². The molecule has 140 valence electrons. The van der Waals surface area contributed by atoms with Crippen molar-refractivity contribution in [3.8, 4) is 0 Å². The van der Waals surface area contributed by atoms with Crippen molar-refractivity contribution in [3.05, 3.63) is 29.8 Å². The number of methoxy groups -OCH3 is 1. The van der Waals surface area contributed by atoms with E-state index in [1.165, 1.54) is 39.2 Å². The lowest BCUT2D eigenvalue weighted by molar-refractivity contribution is 0.0832. The first kappa shape index (κ1) is 19.6. The summed E-state index contributed by atoms with van der Waals surface area (Å²) in [5.41, 5.74) is -0.193. The normalized spacial score (nSPS) is 17.3. The Morgan fingerprint density at radius 1 is 1.24 bits per heavy atom. The third kappa shape index (κ3) is 3.12. The van der Waals surface area contributed by atoms with Crippen LogP contribution in [-0.2, 0) is 25.2 Å². The number of amides is 1. The minimum atomic E-state index is -4.63. The van der Waals surface area contributed by atoms with Gasteiger partial charge in [0.2, 0.25) is 0 Å². The molecule has 0 saturated carbocycles. The van der Waals surface area contributed by atoms with E-state index >= 15 is 0 Å². The summed E-state index contributed by atoms with van der Waals surface area (Å²) in [6.45, 7) is 4.24. The summed E-state index contributed by atoms with van der Waals surface area (Å²) >= 11 is 0. The Hall–Kier alpha value is -1.69. The summed E-state index contributed by atoms with van der Waals surface area (Å²) < 4.78 is 58.6. The molecule has 1 amide bonds. The number of carbonyl (C=O) groups is 1. The van der Waals surface area contributed by atoms with Gasteiger partial charge in [-0.3, -0.25) is 4.79 Å². The summed E-state index contributed by atoms with van der Waals surface area (Å²) in [4.78, 5) is 12.6. The molecule has 0 radical (unpaired) electrons. The predicted molar refractivity (Wildman–Crippen MR) is 92.3 cm³/mol. The highest BCUT2D eigenvalue weighted by Crippen LogP contribution is 2.36. The van der Waals surface area contributed by atoms with E-state index in [0.717, 1.165) is 4.31 Å². The van der Waals surface area contributed by atoms with Gasteiger partial charge in [0.1, 0.15) is 6.73 Å². The fourth-order valence-corrected chi connectivity index (χ4v) is 6.60. The SMILES string of the molecule is CCN(COC)S(=O)(=O)N1c2ccccc2C(=O)N(C(C)C)S1(=O)=O. The van der Waals surface area contributed by atoms with E-state index in [1.807, 2.05) is 0 Å². The first-order chi connectivity index (χ1) is 11.6. The number of hydrogen-bond donors (Lipinski definition) is 0. The summed E-state index contributed by atoms with van der Waals surface area (Å²) in [6, 6.07) is 4.96. The molecule has 0 saturated heterocycles. The molecule has 1 aliphatic rings. The molecule has 0 spiro atoms. The van der Waals surface area contributed by atoms with Crippen LogP contribution in [0.15, 0.2) is 24.3 Å². The van der Waals surface area contributed by atoms with E-state index in [0.29, 0.717) is 8.02 Å². The zero-order valence-corrected chi connectivity index (χ0v) is 16.0. The average molecular weight is 391 g/mol. The number of fused-ring (bicyclic) bond motifs is 1. The van der Waals surface area contributed by atoms with Crippen LogP contribution in [0.25, 0.3) is 0 Å². The van der Waals surface area contributed by atoms with Crippen molar-refractivity contribution in [2.24, 2.45) is 0 Å². The highest BCUT2D eigenvalue weighted by molar-refractivity contribution is 8.08. The van der Waals surface area contributed by atoms with E-state index in [2.05, 4.69) is 0 Å². The van der Waals surface area contributed by atoms with Crippen LogP contribution in [-0.4, -0.2) is 57.8 Å². The molecule has 1 aliphatic heterocycles. The van der Waals surface area contributed by atoms with Gasteiger partial charge in [0.05, 0.1) is 11.3 Å². The van der Waals surface area contributed by atoms with Crippen LogP contribution in [0.1, 0.15) is 31.1 Å². The molecule has 9 nitrogen and oxygen atoms in total. The van der Waals surface area contributed by atoms with Crippen LogP contribution in [0.4, 0.5) is 5.69 Å². The van der Waals surface area contributed by atoms with Crippen LogP contribution >= 0.6 is 0 Å². The predicted octanol–water partition coefficient (Wildman–Crippen LogP) is 0.773. The minimum Gasteiger partial charge on any atom is -0.368 e. The molecule has 2 rings (SSSR count). The Kier molecular flexibility index (Phi) is 5.42. The third-order valence-corrected chi connectivity index (χ3v) is 8.08. The lowest BCUT2D eigenvalue weighted by atomic mass is 10.1. The van der Waals surface area contributed by atoms with Crippen LogP contribution in [0.5, 0.6) is 0 Å². The lowest BCUT2D eigenvalue weighted by Gasteiger charge is -2.39. The number of carbonyl (C=O) groups excluding carboxylic acids is 1. The number of para-hydroxylation sites is 1. The van der Waals surface area contributed by atoms with Crippen molar-refractivity contribution in [2.75, 3.05) is 24.1 Å². The summed E-state index contributed by atoms with van der Waals surface area (Å²) in [5.74, 6) is -0.758. The van der Waals surface area contributed by atoms with Crippen molar-refractivity contribution in [2.45, 2.75) is 26.8 Å². The average Bonchev–Trinajstić information content (AvgIpc) is 2.51. The van der Waals surface area contributed by atoms with Gasteiger partial charge in [0.25, 0.3) is 5.91 Å². The second kappa shape index (κ2) is 6.90. The van der Waals surface area contributed by atoms with Gasteiger partial charge < -0.3 is 4.74 Å². The van der Waals surface area contributed by atoms with Crippen LogP contribution in [0.3, 0.4) is 0 Å². The van der Waals surface area contributed by atoms with E-state index in [4.69, 9.17) is 4.74 Å². The molecule has 0 fully saturated rings. The fourth-order valence-electron chi connectivity index (χ4n) is 2.56. The van der Waals surface area contributed by atoms with Gasteiger partial charge in [0.15, 0.2) is 0 Å². The Bertz CT molecular complexity index is 866. The van der Waals surface area contributed by atoms with Crippen molar-refractivity contribution < 1.29 is 26.4 Å². The Morgan fingerprint density at radius 2 is 1.84 bits per heavy atom. The quantitative estimate of drug-likeness (QED) is 0.664. The van der Waals surface area contributed by atoms with E-state index in [1.54, 1.807) is 13.0 Å². The Balaban J connectivity index is 2.78. The number of benzene rings is 1. The maximum absolute atomic E-state index is 13.0. The van der Waals surface area contributed by atoms with Gasteiger partial charge in [-0.2, -0.15) is 21.1 Å². The Morgan fingerprint density at radius 3 is 2.36 bits per heavy atom. The lowest BCUT2D eigenvalue weighted by Crippen LogP contribution is -2.58. The van der Waals surface area contributed by atoms with Gasteiger partial charge >= 0.3 is 20.4 Å². The van der Waals surface area contributed by atoms with Crippen LogP contribution in [0, 0.1) is 0 Å². The van der Waals surface area contributed by atoms with Gasteiger partial charge in [-0.05, 0) is 26.0 Å². The molecule has 0 atom stereocenters. The first-order valence-electron chi connectivity index (χ1n) is 7.58. The highest BCUT2D eigenvalue weighted by atomic mass is 32.3.